The third-order valence-corrected chi connectivity index (χ3v) is 7.00. The highest BCUT2D eigenvalue weighted by Crippen LogP contribution is 2.33. The van der Waals surface area contributed by atoms with Gasteiger partial charge in [0.05, 0.1) is 0 Å². The average molecular weight is 521 g/mol. The number of nitrogens with zero attached hydrogens (tertiary/aromatic N) is 1. The highest BCUT2D eigenvalue weighted by molar-refractivity contribution is 6.31. The Balaban J connectivity index is 1.61. The molecule has 37 heavy (non-hydrogen) atoms. The van der Waals surface area contributed by atoms with E-state index in [1.165, 1.54) is 0 Å². The van der Waals surface area contributed by atoms with Crippen LogP contribution in [0.15, 0.2) is 72.8 Å². The first kappa shape index (κ1) is 26.6. The van der Waals surface area contributed by atoms with Gasteiger partial charge in [0.1, 0.15) is 6.04 Å². The van der Waals surface area contributed by atoms with Crippen LogP contribution in [-0.4, -0.2) is 35.6 Å². The van der Waals surface area contributed by atoms with Crippen molar-refractivity contribution in [2.45, 2.75) is 58.2 Å². The standard InChI is InChI=1S/C30H33ClN2O4/c1-3-21(2)32-30(35)26(17-22-9-5-4-6-10-22)33(19-24-11-7-8-12-25(24)31)29(34)16-14-23-13-15-27-28(18-23)37-20-36-27/h4-13,15,18,21,26H,3,14,16-17,19-20H2,1-2H3,(H,32,35)/t21-,26-/m0/s1. The van der Waals surface area contributed by atoms with Crippen LogP contribution in [0.2, 0.25) is 5.02 Å². The maximum Gasteiger partial charge on any atom is 0.243 e. The van der Waals surface area contributed by atoms with Crippen LogP contribution in [0.5, 0.6) is 11.5 Å². The maximum absolute atomic E-state index is 13.8. The Morgan fingerprint density at radius 2 is 1.70 bits per heavy atom. The predicted molar refractivity (Wildman–Crippen MR) is 145 cm³/mol. The molecular formula is C30H33ClN2O4. The number of hydrogen-bond donors (Lipinski definition) is 1. The summed E-state index contributed by atoms with van der Waals surface area (Å²) in [7, 11) is 0. The second-order valence-electron chi connectivity index (χ2n) is 9.32. The van der Waals surface area contributed by atoms with Gasteiger partial charge in [-0.25, -0.2) is 0 Å². The van der Waals surface area contributed by atoms with Gasteiger partial charge in [0, 0.05) is 30.5 Å². The van der Waals surface area contributed by atoms with Crippen LogP contribution < -0.4 is 14.8 Å². The fourth-order valence-corrected chi connectivity index (χ4v) is 4.49. The third kappa shape index (κ3) is 7.04. The summed E-state index contributed by atoms with van der Waals surface area (Å²) in [5, 5.41) is 3.66. The van der Waals surface area contributed by atoms with Gasteiger partial charge in [0.25, 0.3) is 0 Å². The van der Waals surface area contributed by atoms with Crippen molar-refractivity contribution in [3.05, 3.63) is 94.5 Å². The molecule has 3 aromatic rings. The Hall–Kier alpha value is -3.51. The Bertz CT molecular complexity index is 1220. The number of rotatable bonds is 11. The number of amides is 2. The smallest absolute Gasteiger partial charge is 0.243 e. The quantitative estimate of drug-likeness (QED) is 0.359. The molecule has 1 N–H and O–H groups in total. The molecule has 2 amide bonds. The molecule has 0 radical (unpaired) electrons. The summed E-state index contributed by atoms with van der Waals surface area (Å²) in [6.07, 6.45) is 1.96. The average Bonchev–Trinajstić information content (AvgIpc) is 3.38. The second-order valence-corrected chi connectivity index (χ2v) is 9.73. The number of aryl methyl sites for hydroxylation is 1. The van der Waals surface area contributed by atoms with Crippen molar-refractivity contribution in [2.75, 3.05) is 6.79 Å². The lowest BCUT2D eigenvalue weighted by Gasteiger charge is -2.32. The summed E-state index contributed by atoms with van der Waals surface area (Å²) < 4.78 is 10.9. The van der Waals surface area contributed by atoms with E-state index in [4.69, 9.17) is 21.1 Å². The van der Waals surface area contributed by atoms with Crippen molar-refractivity contribution in [3.8, 4) is 11.5 Å². The van der Waals surface area contributed by atoms with Gasteiger partial charge in [-0.2, -0.15) is 0 Å². The van der Waals surface area contributed by atoms with E-state index < -0.39 is 6.04 Å². The van der Waals surface area contributed by atoms with E-state index in [-0.39, 0.29) is 37.6 Å². The molecule has 0 saturated carbocycles. The molecule has 6 nitrogen and oxygen atoms in total. The van der Waals surface area contributed by atoms with Gasteiger partial charge in [-0.1, -0.05) is 73.1 Å². The zero-order valence-electron chi connectivity index (χ0n) is 21.3. The molecule has 194 valence electrons. The minimum absolute atomic E-state index is 0.00308. The van der Waals surface area contributed by atoms with E-state index in [1.54, 1.807) is 11.0 Å². The van der Waals surface area contributed by atoms with Gasteiger partial charge in [0.2, 0.25) is 18.6 Å². The lowest BCUT2D eigenvalue weighted by Crippen LogP contribution is -2.52. The fourth-order valence-electron chi connectivity index (χ4n) is 4.30. The van der Waals surface area contributed by atoms with Gasteiger partial charge < -0.3 is 19.7 Å². The summed E-state index contributed by atoms with van der Waals surface area (Å²) in [6, 6.07) is 22.3. The molecule has 2 atom stereocenters. The number of fused-ring (bicyclic) bond motifs is 1. The molecule has 0 aliphatic carbocycles. The first-order chi connectivity index (χ1) is 17.9. The van der Waals surface area contributed by atoms with Crippen LogP contribution in [0.25, 0.3) is 0 Å². The van der Waals surface area contributed by atoms with Gasteiger partial charge >= 0.3 is 0 Å². The summed E-state index contributed by atoms with van der Waals surface area (Å²) >= 11 is 6.49. The van der Waals surface area contributed by atoms with E-state index in [0.717, 1.165) is 23.1 Å². The Morgan fingerprint density at radius 1 is 0.973 bits per heavy atom. The molecule has 0 fully saturated rings. The monoisotopic (exact) mass is 520 g/mol. The van der Waals surface area contributed by atoms with E-state index >= 15 is 0 Å². The number of hydrogen-bond acceptors (Lipinski definition) is 4. The molecule has 7 heteroatoms. The SMILES string of the molecule is CC[C@H](C)NC(=O)[C@H](Cc1ccccc1)N(Cc1ccccc1Cl)C(=O)CCc1ccc2c(c1)OCO2. The largest absolute Gasteiger partial charge is 0.454 e. The zero-order valence-corrected chi connectivity index (χ0v) is 22.0. The number of carbonyl (C=O) groups excluding carboxylic acids is 2. The molecular weight excluding hydrogens is 488 g/mol. The van der Waals surface area contributed by atoms with Crippen LogP contribution in [-0.2, 0) is 29.0 Å². The topological polar surface area (TPSA) is 67.9 Å². The molecule has 0 saturated heterocycles. The molecule has 3 aromatic carbocycles. The minimum atomic E-state index is -0.683. The zero-order chi connectivity index (χ0) is 26.2. The van der Waals surface area contributed by atoms with E-state index in [1.807, 2.05) is 80.6 Å². The van der Waals surface area contributed by atoms with Crippen LogP contribution >= 0.6 is 11.6 Å². The molecule has 0 unspecified atom stereocenters. The van der Waals surface area contributed by atoms with Crippen LogP contribution in [0.4, 0.5) is 0 Å². The highest BCUT2D eigenvalue weighted by atomic mass is 35.5. The van der Waals surface area contributed by atoms with Crippen molar-refractivity contribution >= 4 is 23.4 Å². The summed E-state index contributed by atoms with van der Waals surface area (Å²) in [5.74, 6) is 1.12. The summed E-state index contributed by atoms with van der Waals surface area (Å²) in [6.45, 7) is 4.44. The number of nitrogens with one attached hydrogen (secondary N) is 1. The Labute approximate surface area is 223 Å². The molecule has 1 heterocycles. The van der Waals surface area contributed by atoms with E-state index in [9.17, 15) is 9.59 Å². The number of benzene rings is 3. The number of ether oxygens (including phenoxy) is 2. The number of carbonyl (C=O) groups is 2. The molecule has 1 aliphatic heterocycles. The molecule has 0 aromatic heterocycles. The summed E-state index contributed by atoms with van der Waals surface area (Å²) in [4.78, 5) is 29.1. The normalized spacial score (nSPS) is 13.6. The number of halogens is 1. The third-order valence-electron chi connectivity index (χ3n) is 6.64. The fraction of sp³-hybridized carbons (Fsp3) is 0.333. The summed E-state index contributed by atoms with van der Waals surface area (Å²) in [5.41, 5.74) is 2.76. The van der Waals surface area contributed by atoms with Crippen LogP contribution in [0.1, 0.15) is 43.4 Å². The Morgan fingerprint density at radius 3 is 2.46 bits per heavy atom. The van der Waals surface area contributed by atoms with E-state index in [2.05, 4.69) is 5.32 Å². The Kier molecular flexibility index (Phi) is 9.07. The molecule has 0 spiro atoms. The van der Waals surface area contributed by atoms with Gasteiger partial charge in [0.15, 0.2) is 11.5 Å². The van der Waals surface area contributed by atoms with Crippen LogP contribution in [0.3, 0.4) is 0 Å². The molecule has 1 aliphatic rings. The van der Waals surface area contributed by atoms with Crippen LogP contribution in [0, 0.1) is 0 Å². The first-order valence-electron chi connectivity index (χ1n) is 12.7. The first-order valence-corrected chi connectivity index (χ1v) is 13.1. The van der Waals surface area contributed by atoms with Crippen molar-refractivity contribution in [2.24, 2.45) is 0 Å². The predicted octanol–water partition coefficient (Wildman–Crippen LogP) is 5.56. The van der Waals surface area contributed by atoms with Gasteiger partial charge in [-0.15, -0.1) is 0 Å². The lowest BCUT2D eigenvalue weighted by molar-refractivity contribution is -0.141. The highest BCUT2D eigenvalue weighted by Gasteiger charge is 2.31. The minimum Gasteiger partial charge on any atom is -0.454 e. The van der Waals surface area contributed by atoms with Gasteiger partial charge in [-0.3, -0.25) is 9.59 Å². The maximum atomic E-state index is 13.8. The van der Waals surface area contributed by atoms with Crippen molar-refractivity contribution < 1.29 is 19.1 Å². The van der Waals surface area contributed by atoms with Gasteiger partial charge in [-0.05, 0) is 54.7 Å². The molecule has 0 bridgehead atoms. The van der Waals surface area contributed by atoms with Crippen molar-refractivity contribution in [1.82, 2.24) is 10.2 Å². The van der Waals surface area contributed by atoms with E-state index in [0.29, 0.717) is 29.4 Å². The second kappa shape index (κ2) is 12.6. The van der Waals surface area contributed by atoms with Crippen molar-refractivity contribution in [1.29, 1.82) is 0 Å². The molecule has 4 rings (SSSR count). The lowest BCUT2D eigenvalue weighted by atomic mass is 10.0. The van der Waals surface area contributed by atoms with Crippen molar-refractivity contribution in [3.63, 3.8) is 0 Å².